The highest BCUT2D eigenvalue weighted by Crippen LogP contribution is 2.22. The number of rotatable bonds is 4. The molecule has 0 saturated heterocycles. The Morgan fingerprint density at radius 3 is 2.00 bits per heavy atom. The van der Waals surface area contributed by atoms with Crippen molar-refractivity contribution in [1.82, 2.24) is 0 Å². The zero-order chi connectivity index (χ0) is 9.07. The summed E-state index contributed by atoms with van der Waals surface area (Å²) in [5.41, 5.74) is 0. The van der Waals surface area contributed by atoms with E-state index in [0.717, 1.165) is 6.92 Å². The van der Waals surface area contributed by atoms with Gasteiger partial charge in [-0.3, -0.25) is 0 Å². The minimum Gasteiger partial charge on any atom is -0.387 e. The van der Waals surface area contributed by atoms with Gasteiger partial charge in [0.1, 0.15) is 6.10 Å². The van der Waals surface area contributed by atoms with Crippen LogP contribution < -0.4 is 0 Å². The summed E-state index contributed by atoms with van der Waals surface area (Å²) in [6.45, 7) is 4.64. The maximum Gasteiger partial charge on any atom is 0.270 e. The van der Waals surface area contributed by atoms with Gasteiger partial charge in [-0.05, 0) is 18.8 Å². The van der Waals surface area contributed by atoms with E-state index in [2.05, 4.69) is 0 Å². The van der Waals surface area contributed by atoms with Crippen molar-refractivity contribution >= 4 is 0 Å². The molecule has 1 nitrogen and oxygen atoms in total. The maximum absolute atomic E-state index is 12.3. The third-order valence-electron chi connectivity index (χ3n) is 1.60. The zero-order valence-corrected chi connectivity index (χ0v) is 7.27. The van der Waals surface area contributed by atoms with Gasteiger partial charge in [0.25, 0.3) is 5.92 Å². The smallest absolute Gasteiger partial charge is 0.270 e. The fourth-order valence-electron chi connectivity index (χ4n) is 0.745. The van der Waals surface area contributed by atoms with Crippen molar-refractivity contribution in [2.45, 2.75) is 45.6 Å². The molecule has 0 aliphatic rings. The standard InChI is InChI=1S/C8H16F2O/c1-6(2)4-5-7(11)8(3,9)10/h6-7,11H,4-5H2,1-3H3. The Bertz CT molecular complexity index is 107. The first-order valence-corrected chi connectivity index (χ1v) is 3.90. The molecule has 0 saturated carbocycles. The molecule has 0 spiro atoms. The van der Waals surface area contributed by atoms with Crippen LogP contribution in [0.1, 0.15) is 33.6 Å². The second kappa shape index (κ2) is 4.00. The lowest BCUT2D eigenvalue weighted by Gasteiger charge is -2.18. The first kappa shape index (κ1) is 10.8. The molecule has 0 amide bonds. The third kappa shape index (κ3) is 5.13. The van der Waals surface area contributed by atoms with E-state index in [4.69, 9.17) is 5.11 Å². The summed E-state index contributed by atoms with van der Waals surface area (Å²) < 4.78 is 24.6. The molecule has 1 atom stereocenters. The molecule has 0 rings (SSSR count). The molecular weight excluding hydrogens is 150 g/mol. The maximum atomic E-state index is 12.3. The van der Waals surface area contributed by atoms with E-state index in [1.807, 2.05) is 13.8 Å². The van der Waals surface area contributed by atoms with Crippen LogP contribution in [0.3, 0.4) is 0 Å². The normalized spacial score (nSPS) is 15.5. The number of halogens is 2. The van der Waals surface area contributed by atoms with Crippen LogP contribution >= 0.6 is 0 Å². The molecule has 0 aromatic carbocycles. The summed E-state index contributed by atoms with van der Waals surface area (Å²) in [5, 5.41) is 8.88. The lowest BCUT2D eigenvalue weighted by molar-refractivity contribution is -0.0972. The Morgan fingerprint density at radius 1 is 1.27 bits per heavy atom. The Morgan fingerprint density at radius 2 is 1.73 bits per heavy atom. The largest absolute Gasteiger partial charge is 0.387 e. The Hall–Kier alpha value is -0.180. The lowest BCUT2D eigenvalue weighted by Crippen LogP contribution is -2.29. The fourth-order valence-corrected chi connectivity index (χ4v) is 0.745. The third-order valence-corrected chi connectivity index (χ3v) is 1.60. The van der Waals surface area contributed by atoms with E-state index in [0.29, 0.717) is 12.3 Å². The van der Waals surface area contributed by atoms with Crippen molar-refractivity contribution in [3.63, 3.8) is 0 Å². The molecule has 11 heavy (non-hydrogen) atoms. The molecule has 0 aliphatic carbocycles. The van der Waals surface area contributed by atoms with Gasteiger partial charge in [0.15, 0.2) is 0 Å². The molecule has 0 aromatic heterocycles. The van der Waals surface area contributed by atoms with Gasteiger partial charge >= 0.3 is 0 Å². The number of aliphatic hydroxyl groups is 1. The van der Waals surface area contributed by atoms with E-state index in [-0.39, 0.29) is 6.42 Å². The minimum atomic E-state index is -2.95. The monoisotopic (exact) mass is 166 g/mol. The van der Waals surface area contributed by atoms with Crippen LogP contribution in [-0.4, -0.2) is 17.1 Å². The molecule has 0 radical (unpaired) electrons. The molecule has 0 aliphatic heterocycles. The molecule has 0 fully saturated rings. The topological polar surface area (TPSA) is 20.2 Å². The van der Waals surface area contributed by atoms with E-state index in [9.17, 15) is 8.78 Å². The van der Waals surface area contributed by atoms with Crippen molar-refractivity contribution in [1.29, 1.82) is 0 Å². The van der Waals surface area contributed by atoms with E-state index in [1.165, 1.54) is 0 Å². The molecular formula is C8H16F2O. The van der Waals surface area contributed by atoms with Crippen molar-refractivity contribution in [3.8, 4) is 0 Å². The van der Waals surface area contributed by atoms with Crippen LogP contribution in [0.2, 0.25) is 0 Å². The van der Waals surface area contributed by atoms with Gasteiger partial charge in [0.2, 0.25) is 0 Å². The molecule has 0 bridgehead atoms. The Kier molecular flexibility index (Phi) is 3.93. The summed E-state index contributed by atoms with van der Waals surface area (Å²) in [7, 11) is 0. The SMILES string of the molecule is CC(C)CCC(O)C(C)(F)F. The highest BCUT2D eigenvalue weighted by atomic mass is 19.3. The van der Waals surface area contributed by atoms with Gasteiger partial charge in [-0.2, -0.15) is 0 Å². The predicted molar refractivity (Wildman–Crippen MR) is 40.7 cm³/mol. The minimum absolute atomic E-state index is 0.182. The number of hydrogen-bond donors (Lipinski definition) is 1. The summed E-state index contributed by atoms with van der Waals surface area (Å²) in [5.74, 6) is -2.58. The first-order chi connectivity index (χ1) is 4.84. The molecule has 1 unspecified atom stereocenters. The van der Waals surface area contributed by atoms with Crippen LogP contribution in [-0.2, 0) is 0 Å². The quantitative estimate of drug-likeness (QED) is 0.680. The summed E-state index contributed by atoms with van der Waals surface area (Å²) in [6.07, 6.45) is -0.656. The van der Waals surface area contributed by atoms with Crippen molar-refractivity contribution < 1.29 is 13.9 Å². The molecule has 3 heteroatoms. The second-order valence-corrected chi connectivity index (χ2v) is 3.44. The van der Waals surface area contributed by atoms with E-state index >= 15 is 0 Å². The van der Waals surface area contributed by atoms with Crippen LogP contribution in [0, 0.1) is 5.92 Å². The van der Waals surface area contributed by atoms with Crippen LogP contribution in [0.4, 0.5) is 8.78 Å². The van der Waals surface area contributed by atoms with Crippen molar-refractivity contribution in [3.05, 3.63) is 0 Å². The van der Waals surface area contributed by atoms with Gasteiger partial charge in [-0.25, -0.2) is 8.78 Å². The van der Waals surface area contributed by atoms with Crippen LogP contribution in [0.25, 0.3) is 0 Å². The van der Waals surface area contributed by atoms with Crippen LogP contribution in [0.15, 0.2) is 0 Å². The van der Waals surface area contributed by atoms with Gasteiger partial charge in [0, 0.05) is 6.92 Å². The summed E-state index contributed by atoms with van der Waals surface area (Å²) >= 11 is 0. The predicted octanol–water partition coefficient (Wildman–Crippen LogP) is 2.44. The Labute approximate surface area is 66.4 Å². The van der Waals surface area contributed by atoms with Crippen molar-refractivity contribution in [2.75, 3.05) is 0 Å². The number of aliphatic hydroxyl groups excluding tert-OH is 1. The Balaban J connectivity index is 3.61. The van der Waals surface area contributed by atoms with Gasteiger partial charge < -0.3 is 5.11 Å². The number of hydrogen-bond acceptors (Lipinski definition) is 1. The zero-order valence-electron chi connectivity index (χ0n) is 7.27. The second-order valence-electron chi connectivity index (χ2n) is 3.44. The highest BCUT2D eigenvalue weighted by molar-refractivity contribution is 4.70. The van der Waals surface area contributed by atoms with Crippen LogP contribution in [0.5, 0.6) is 0 Å². The average molecular weight is 166 g/mol. The lowest BCUT2D eigenvalue weighted by atomic mass is 10.0. The summed E-state index contributed by atoms with van der Waals surface area (Å²) in [4.78, 5) is 0. The van der Waals surface area contributed by atoms with Gasteiger partial charge in [-0.1, -0.05) is 13.8 Å². The molecule has 68 valence electrons. The summed E-state index contributed by atoms with van der Waals surface area (Å²) in [6, 6.07) is 0. The van der Waals surface area contributed by atoms with Gasteiger partial charge in [-0.15, -0.1) is 0 Å². The van der Waals surface area contributed by atoms with Crippen molar-refractivity contribution in [2.24, 2.45) is 5.92 Å². The first-order valence-electron chi connectivity index (χ1n) is 3.90. The van der Waals surface area contributed by atoms with E-state index in [1.54, 1.807) is 0 Å². The average Bonchev–Trinajstić information content (AvgIpc) is 1.80. The van der Waals surface area contributed by atoms with Gasteiger partial charge in [0.05, 0.1) is 0 Å². The molecule has 0 aromatic rings. The van der Waals surface area contributed by atoms with E-state index < -0.39 is 12.0 Å². The number of alkyl halides is 2. The highest BCUT2D eigenvalue weighted by Gasteiger charge is 2.31. The molecule has 0 heterocycles. The fraction of sp³-hybridized carbons (Fsp3) is 1.00. The molecule has 1 N–H and O–H groups in total.